The third-order valence-electron chi connectivity index (χ3n) is 4.20. The van der Waals surface area contributed by atoms with Crippen molar-refractivity contribution in [2.75, 3.05) is 12.3 Å². The molecule has 0 radical (unpaired) electrons. The van der Waals surface area contributed by atoms with Crippen molar-refractivity contribution >= 4 is 21.4 Å². The van der Waals surface area contributed by atoms with Crippen LogP contribution in [0.5, 0.6) is 0 Å². The van der Waals surface area contributed by atoms with Crippen LogP contribution in [0.2, 0.25) is 5.02 Å². The Morgan fingerprint density at radius 2 is 2.05 bits per heavy atom. The molecule has 5 heteroatoms. The molecule has 2 aliphatic rings. The summed E-state index contributed by atoms with van der Waals surface area (Å²) in [5, 5.41) is 4.02. The number of hydrogen-bond donors (Lipinski definition) is 1. The first-order valence-corrected chi connectivity index (χ1v) is 8.86. The largest absolute Gasteiger partial charge is 0.312 e. The molecule has 2 atom stereocenters. The quantitative estimate of drug-likeness (QED) is 0.928. The van der Waals surface area contributed by atoms with E-state index in [0.29, 0.717) is 18.3 Å². The van der Waals surface area contributed by atoms with Crippen LogP contribution in [0, 0.1) is 0 Å². The summed E-state index contributed by atoms with van der Waals surface area (Å²) in [4.78, 5) is 0. The number of sulfone groups is 1. The monoisotopic (exact) mass is 299 g/mol. The molecule has 1 N–H and O–H groups in total. The van der Waals surface area contributed by atoms with Gasteiger partial charge in [0.25, 0.3) is 0 Å². The van der Waals surface area contributed by atoms with Crippen molar-refractivity contribution in [2.24, 2.45) is 0 Å². The van der Waals surface area contributed by atoms with Crippen molar-refractivity contribution in [3.63, 3.8) is 0 Å². The number of rotatable bonds is 3. The SMILES string of the molecule is O=S1(=O)CCCC1CNC1Cc2ccc(Cl)cc2C1. The molecule has 1 aliphatic heterocycles. The molecule has 0 spiro atoms. The van der Waals surface area contributed by atoms with Gasteiger partial charge >= 0.3 is 0 Å². The highest BCUT2D eigenvalue weighted by Gasteiger charge is 2.32. The highest BCUT2D eigenvalue weighted by Crippen LogP contribution is 2.26. The normalized spacial score (nSPS) is 28.5. The molecule has 0 bridgehead atoms. The van der Waals surface area contributed by atoms with E-state index in [4.69, 9.17) is 11.6 Å². The molecule has 1 aliphatic carbocycles. The third-order valence-corrected chi connectivity index (χ3v) is 6.71. The summed E-state index contributed by atoms with van der Waals surface area (Å²) in [5.41, 5.74) is 2.62. The fraction of sp³-hybridized carbons (Fsp3) is 0.571. The molecule has 19 heavy (non-hydrogen) atoms. The minimum absolute atomic E-state index is 0.181. The van der Waals surface area contributed by atoms with Gasteiger partial charge in [0.2, 0.25) is 0 Å². The molecule has 1 aromatic carbocycles. The van der Waals surface area contributed by atoms with Gasteiger partial charge in [-0.3, -0.25) is 0 Å². The fourth-order valence-electron chi connectivity index (χ4n) is 3.12. The van der Waals surface area contributed by atoms with Gasteiger partial charge in [-0.1, -0.05) is 17.7 Å². The maximum Gasteiger partial charge on any atom is 0.154 e. The lowest BCUT2D eigenvalue weighted by atomic mass is 10.1. The maximum atomic E-state index is 11.8. The van der Waals surface area contributed by atoms with Crippen LogP contribution < -0.4 is 5.32 Å². The van der Waals surface area contributed by atoms with E-state index in [1.165, 1.54) is 11.1 Å². The molecule has 1 saturated heterocycles. The van der Waals surface area contributed by atoms with E-state index in [9.17, 15) is 8.42 Å². The first-order valence-electron chi connectivity index (χ1n) is 6.77. The Labute approximate surface area is 119 Å². The lowest BCUT2D eigenvalue weighted by Gasteiger charge is -2.15. The van der Waals surface area contributed by atoms with Crippen LogP contribution in [-0.2, 0) is 22.7 Å². The van der Waals surface area contributed by atoms with Crippen LogP contribution in [0.25, 0.3) is 0 Å². The van der Waals surface area contributed by atoms with Gasteiger partial charge in [-0.15, -0.1) is 0 Å². The Morgan fingerprint density at radius 1 is 1.26 bits per heavy atom. The van der Waals surface area contributed by atoms with E-state index in [0.717, 1.165) is 30.7 Å². The first-order chi connectivity index (χ1) is 9.04. The summed E-state index contributed by atoms with van der Waals surface area (Å²) in [6, 6.07) is 6.37. The minimum Gasteiger partial charge on any atom is -0.312 e. The average molecular weight is 300 g/mol. The Morgan fingerprint density at radius 3 is 2.79 bits per heavy atom. The van der Waals surface area contributed by atoms with Crippen LogP contribution in [0.4, 0.5) is 0 Å². The average Bonchev–Trinajstić information content (AvgIpc) is 2.88. The van der Waals surface area contributed by atoms with Crippen molar-refractivity contribution in [3.8, 4) is 0 Å². The second kappa shape index (κ2) is 5.08. The number of nitrogens with one attached hydrogen (secondary N) is 1. The zero-order valence-electron chi connectivity index (χ0n) is 10.7. The first kappa shape index (κ1) is 13.4. The van der Waals surface area contributed by atoms with Crippen molar-refractivity contribution < 1.29 is 8.42 Å². The maximum absolute atomic E-state index is 11.8. The van der Waals surface area contributed by atoms with Crippen LogP contribution in [0.1, 0.15) is 24.0 Å². The van der Waals surface area contributed by atoms with Gasteiger partial charge in [0.15, 0.2) is 9.84 Å². The van der Waals surface area contributed by atoms with Crippen molar-refractivity contribution in [1.82, 2.24) is 5.32 Å². The zero-order valence-corrected chi connectivity index (χ0v) is 12.3. The molecule has 0 amide bonds. The summed E-state index contributed by atoms with van der Waals surface area (Å²) in [7, 11) is -2.84. The molecule has 104 valence electrons. The lowest BCUT2D eigenvalue weighted by Crippen LogP contribution is -2.37. The molecular formula is C14H18ClNO2S. The van der Waals surface area contributed by atoms with Crippen LogP contribution >= 0.6 is 11.6 Å². The second-order valence-electron chi connectivity index (χ2n) is 5.56. The summed E-state index contributed by atoms with van der Waals surface area (Å²) in [5.74, 6) is 0.361. The van der Waals surface area contributed by atoms with Gasteiger partial charge in [-0.05, 0) is 48.9 Å². The van der Waals surface area contributed by atoms with E-state index in [1.807, 2.05) is 12.1 Å². The highest BCUT2D eigenvalue weighted by atomic mass is 35.5. The Balaban J connectivity index is 1.59. The summed E-state index contributed by atoms with van der Waals surface area (Å²) in [6.07, 6.45) is 3.54. The molecular weight excluding hydrogens is 282 g/mol. The van der Waals surface area contributed by atoms with Crippen molar-refractivity contribution in [2.45, 2.75) is 37.0 Å². The highest BCUT2D eigenvalue weighted by molar-refractivity contribution is 7.92. The number of halogens is 1. The molecule has 1 fully saturated rings. The molecule has 0 saturated carbocycles. The third kappa shape index (κ3) is 2.81. The Kier molecular flexibility index (Phi) is 3.58. The van der Waals surface area contributed by atoms with E-state index >= 15 is 0 Å². The standard InChI is InChI=1S/C14H18ClNO2S/c15-12-4-3-10-7-13(8-11(10)6-12)16-9-14-2-1-5-19(14,17)18/h3-4,6,13-14,16H,1-2,5,7-9H2. The van der Waals surface area contributed by atoms with Gasteiger partial charge in [-0.25, -0.2) is 8.42 Å². The second-order valence-corrected chi connectivity index (χ2v) is 8.39. The van der Waals surface area contributed by atoms with Gasteiger partial charge < -0.3 is 5.32 Å². The van der Waals surface area contributed by atoms with E-state index in [-0.39, 0.29) is 5.25 Å². The van der Waals surface area contributed by atoms with E-state index in [2.05, 4.69) is 11.4 Å². The molecule has 1 heterocycles. The van der Waals surface area contributed by atoms with Crippen LogP contribution in [0.15, 0.2) is 18.2 Å². The van der Waals surface area contributed by atoms with E-state index < -0.39 is 9.84 Å². The Hall–Kier alpha value is -0.580. The summed E-state index contributed by atoms with van der Waals surface area (Å²) in [6.45, 7) is 0.592. The smallest absolute Gasteiger partial charge is 0.154 e. The number of fused-ring (bicyclic) bond motifs is 1. The van der Waals surface area contributed by atoms with Gasteiger partial charge in [0.05, 0.1) is 11.0 Å². The van der Waals surface area contributed by atoms with Crippen LogP contribution in [-0.4, -0.2) is 32.0 Å². The molecule has 3 rings (SSSR count). The van der Waals surface area contributed by atoms with Gasteiger partial charge in [0.1, 0.15) is 0 Å². The molecule has 2 unspecified atom stereocenters. The predicted octanol–water partition coefficient (Wildman–Crippen LogP) is 1.97. The van der Waals surface area contributed by atoms with Crippen LogP contribution in [0.3, 0.4) is 0 Å². The summed E-state index contributed by atoms with van der Waals surface area (Å²) >= 11 is 5.99. The van der Waals surface area contributed by atoms with Crippen molar-refractivity contribution in [1.29, 1.82) is 0 Å². The fourth-order valence-corrected chi connectivity index (χ4v) is 5.09. The predicted molar refractivity (Wildman–Crippen MR) is 77.5 cm³/mol. The number of hydrogen-bond acceptors (Lipinski definition) is 3. The minimum atomic E-state index is -2.84. The number of benzene rings is 1. The lowest BCUT2D eigenvalue weighted by molar-refractivity contribution is 0.512. The van der Waals surface area contributed by atoms with E-state index in [1.54, 1.807) is 0 Å². The molecule has 0 aromatic heterocycles. The van der Waals surface area contributed by atoms with Gasteiger partial charge in [0, 0.05) is 17.6 Å². The molecule has 3 nitrogen and oxygen atoms in total. The molecule has 1 aromatic rings. The summed E-state index contributed by atoms with van der Waals surface area (Å²) < 4.78 is 23.5. The van der Waals surface area contributed by atoms with Gasteiger partial charge in [-0.2, -0.15) is 0 Å². The Bertz CT molecular complexity index is 585. The topological polar surface area (TPSA) is 46.2 Å². The zero-order chi connectivity index (χ0) is 13.5. The van der Waals surface area contributed by atoms with Crippen molar-refractivity contribution in [3.05, 3.63) is 34.3 Å².